The Labute approximate surface area is 118 Å². The van der Waals surface area contributed by atoms with Crippen molar-refractivity contribution in [1.29, 1.82) is 0 Å². The fourth-order valence-corrected chi connectivity index (χ4v) is 2.70. The molecule has 0 saturated carbocycles. The summed E-state index contributed by atoms with van der Waals surface area (Å²) in [5.41, 5.74) is 4.53. The van der Waals surface area contributed by atoms with Gasteiger partial charge in [0.05, 0.1) is 6.10 Å². The highest BCUT2D eigenvalue weighted by atomic mass is 19.1. The number of hydrogen-bond donors (Lipinski definition) is 2. The van der Waals surface area contributed by atoms with Crippen molar-refractivity contribution in [2.75, 3.05) is 11.9 Å². The van der Waals surface area contributed by atoms with Gasteiger partial charge in [-0.15, -0.1) is 0 Å². The smallest absolute Gasteiger partial charge is 0.123 e. The van der Waals surface area contributed by atoms with E-state index >= 15 is 0 Å². The molecule has 1 unspecified atom stereocenters. The molecule has 0 bridgehead atoms. The minimum Gasteiger partial charge on any atom is -0.387 e. The second kappa shape index (κ2) is 5.63. The predicted octanol–water partition coefficient (Wildman–Crippen LogP) is 3.46. The van der Waals surface area contributed by atoms with Crippen molar-refractivity contribution in [2.24, 2.45) is 0 Å². The minimum atomic E-state index is -0.550. The Morgan fingerprint density at radius 3 is 2.60 bits per heavy atom. The third-order valence-corrected chi connectivity index (χ3v) is 3.85. The lowest BCUT2D eigenvalue weighted by atomic mass is 10.0. The summed E-state index contributed by atoms with van der Waals surface area (Å²) in [6.45, 7) is 0.421. The monoisotopic (exact) mass is 271 g/mol. The molecule has 0 radical (unpaired) electrons. The summed E-state index contributed by atoms with van der Waals surface area (Å²) < 4.78 is 12.8. The first-order chi connectivity index (χ1) is 9.72. The van der Waals surface area contributed by atoms with Gasteiger partial charge in [0.1, 0.15) is 5.82 Å². The van der Waals surface area contributed by atoms with Crippen molar-refractivity contribution < 1.29 is 9.50 Å². The molecule has 0 aromatic heterocycles. The highest BCUT2D eigenvalue weighted by Crippen LogP contribution is 2.25. The van der Waals surface area contributed by atoms with Crippen LogP contribution in [0.4, 0.5) is 10.1 Å². The number of benzene rings is 2. The van der Waals surface area contributed by atoms with Crippen LogP contribution < -0.4 is 5.32 Å². The maximum Gasteiger partial charge on any atom is 0.123 e. The Hall–Kier alpha value is -1.87. The van der Waals surface area contributed by atoms with Crippen molar-refractivity contribution in [1.82, 2.24) is 0 Å². The van der Waals surface area contributed by atoms with Crippen LogP contribution >= 0.6 is 0 Å². The summed E-state index contributed by atoms with van der Waals surface area (Å²) in [6.07, 6.45) is 2.93. The van der Waals surface area contributed by atoms with Gasteiger partial charge >= 0.3 is 0 Å². The number of hydrogen-bond acceptors (Lipinski definition) is 2. The molecule has 104 valence electrons. The first-order valence-corrected chi connectivity index (χ1v) is 7.01. The summed E-state index contributed by atoms with van der Waals surface area (Å²) in [5.74, 6) is -0.255. The van der Waals surface area contributed by atoms with E-state index in [9.17, 15) is 9.50 Å². The molecule has 3 heteroatoms. The number of nitrogens with one attached hydrogen (secondary N) is 1. The van der Waals surface area contributed by atoms with Gasteiger partial charge in [-0.1, -0.05) is 18.2 Å². The van der Waals surface area contributed by atoms with Crippen molar-refractivity contribution >= 4 is 5.69 Å². The first-order valence-electron chi connectivity index (χ1n) is 7.01. The molecular weight excluding hydrogens is 253 g/mol. The van der Waals surface area contributed by atoms with Crippen LogP contribution in [0.3, 0.4) is 0 Å². The summed E-state index contributed by atoms with van der Waals surface area (Å²) in [7, 11) is 0. The van der Waals surface area contributed by atoms with Gasteiger partial charge in [-0.2, -0.15) is 0 Å². The van der Waals surface area contributed by atoms with E-state index < -0.39 is 6.10 Å². The molecule has 3 rings (SSSR count). The molecule has 20 heavy (non-hydrogen) atoms. The lowest BCUT2D eigenvalue weighted by molar-refractivity contribution is 0.191. The van der Waals surface area contributed by atoms with Gasteiger partial charge in [-0.25, -0.2) is 4.39 Å². The highest BCUT2D eigenvalue weighted by molar-refractivity contribution is 5.43. The molecule has 0 spiro atoms. The molecule has 0 amide bonds. The van der Waals surface area contributed by atoms with Crippen molar-refractivity contribution in [3.05, 3.63) is 65.0 Å². The van der Waals surface area contributed by atoms with Crippen LogP contribution in [0.2, 0.25) is 0 Å². The van der Waals surface area contributed by atoms with E-state index in [2.05, 4.69) is 17.4 Å². The van der Waals surface area contributed by atoms with Crippen molar-refractivity contribution in [3.63, 3.8) is 0 Å². The number of anilines is 1. The molecule has 0 saturated heterocycles. The van der Waals surface area contributed by atoms with E-state index in [0.717, 1.165) is 24.1 Å². The van der Waals surface area contributed by atoms with Crippen molar-refractivity contribution in [2.45, 2.75) is 25.4 Å². The molecule has 2 nitrogen and oxygen atoms in total. The maximum absolute atomic E-state index is 12.8. The fraction of sp³-hybridized carbons (Fsp3) is 0.294. The second-order valence-electron chi connectivity index (χ2n) is 5.29. The topological polar surface area (TPSA) is 32.3 Å². The predicted molar refractivity (Wildman–Crippen MR) is 78.3 cm³/mol. The van der Waals surface area contributed by atoms with Crippen LogP contribution in [0.15, 0.2) is 42.5 Å². The van der Waals surface area contributed by atoms with Gasteiger partial charge in [0.25, 0.3) is 0 Å². The Bertz CT molecular complexity index is 594. The Balaban J connectivity index is 1.64. The largest absolute Gasteiger partial charge is 0.387 e. The van der Waals surface area contributed by atoms with Crippen LogP contribution in [-0.2, 0) is 12.8 Å². The van der Waals surface area contributed by atoms with Crippen LogP contribution in [0.1, 0.15) is 29.2 Å². The first kappa shape index (κ1) is 13.1. The zero-order chi connectivity index (χ0) is 13.9. The van der Waals surface area contributed by atoms with Gasteiger partial charge in [0, 0.05) is 12.2 Å². The molecule has 2 N–H and O–H groups in total. The van der Waals surface area contributed by atoms with Gasteiger partial charge < -0.3 is 10.4 Å². The second-order valence-corrected chi connectivity index (χ2v) is 5.29. The molecule has 1 aliphatic carbocycles. The molecular formula is C17H18FNO. The fourth-order valence-electron chi connectivity index (χ4n) is 2.70. The molecule has 2 aromatic rings. The van der Waals surface area contributed by atoms with Crippen LogP contribution in [0, 0.1) is 5.82 Å². The van der Waals surface area contributed by atoms with E-state index in [0.29, 0.717) is 6.54 Å². The SMILES string of the molecule is OC(CNc1ccc(F)cc1)c1ccc2c(c1)CCC2. The molecule has 1 aliphatic rings. The maximum atomic E-state index is 12.8. The zero-order valence-corrected chi connectivity index (χ0v) is 11.3. The lowest BCUT2D eigenvalue weighted by Crippen LogP contribution is -2.12. The highest BCUT2D eigenvalue weighted by Gasteiger charge is 2.14. The van der Waals surface area contributed by atoms with E-state index in [4.69, 9.17) is 0 Å². The summed E-state index contributed by atoms with van der Waals surface area (Å²) in [4.78, 5) is 0. The zero-order valence-electron chi connectivity index (χ0n) is 11.3. The summed E-state index contributed by atoms with van der Waals surface area (Å²) in [5, 5.41) is 13.4. The molecule has 1 atom stereocenters. The van der Waals surface area contributed by atoms with E-state index in [-0.39, 0.29) is 5.82 Å². The third kappa shape index (κ3) is 2.83. The number of rotatable bonds is 4. The van der Waals surface area contributed by atoms with Crippen LogP contribution in [-0.4, -0.2) is 11.7 Å². The third-order valence-electron chi connectivity index (χ3n) is 3.85. The molecule has 0 fully saturated rings. The summed E-state index contributed by atoms with van der Waals surface area (Å²) >= 11 is 0. The van der Waals surface area contributed by atoms with Crippen LogP contribution in [0.25, 0.3) is 0 Å². The number of aliphatic hydroxyl groups is 1. The van der Waals surface area contributed by atoms with Gasteiger partial charge in [0.2, 0.25) is 0 Å². The van der Waals surface area contributed by atoms with Gasteiger partial charge in [-0.3, -0.25) is 0 Å². The van der Waals surface area contributed by atoms with Gasteiger partial charge in [0.15, 0.2) is 0 Å². The molecule has 0 aliphatic heterocycles. The minimum absolute atomic E-state index is 0.255. The Kier molecular flexibility index (Phi) is 3.70. The quantitative estimate of drug-likeness (QED) is 0.892. The lowest BCUT2D eigenvalue weighted by Gasteiger charge is -2.14. The summed E-state index contributed by atoms with van der Waals surface area (Å²) in [6, 6.07) is 12.4. The number of fused-ring (bicyclic) bond motifs is 1. The van der Waals surface area contributed by atoms with E-state index in [1.54, 1.807) is 12.1 Å². The Morgan fingerprint density at radius 2 is 1.80 bits per heavy atom. The number of aryl methyl sites for hydroxylation is 2. The van der Waals surface area contributed by atoms with E-state index in [1.165, 1.54) is 29.7 Å². The standard InChI is InChI=1S/C17H18FNO/c18-15-6-8-16(9-7-15)19-11-17(20)14-5-4-12-2-1-3-13(12)10-14/h4-10,17,19-20H,1-3,11H2. The normalized spacial score (nSPS) is 14.9. The number of halogens is 1. The average molecular weight is 271 g/mol. The molecule has 0 heterocycles. The van der Waals surface area contributed by atoms with Crippen molar-refractivity contribution in [3.8, 4) is 0 Å². The van der Waals surface area contributed by atoms with Gasteiger partial charge in [-0.05, 0) is 60.2 Å². The Morgan fingerprint density at radius 1 is 1.05 bits per heavy atom. The number of aliphatic hydroxyl groups excluding tert-OH is 1. The molecule has 2 aromatic carbocycles. The average Bonchev–Trinajstić information content (AvgIpc) is 2.93. The van der Waals surface area contributed by atoms with E-state index in [1.807, 2.05) is 6.07 Å². The van der Waals surface area contributed by atoms with Crippen LogP contribution in [0.5, 0.6) is 0 Å².